The lowest BCUT2D eigenvalue weighted by Gasteiger charge is -2.27. The van der Waals surface area contributed by atoms with Gasteiger partial charge in [-0.3, -0.25) is 4.90 Å². The smallest absolute Gasteiger partial charge is 0.104 e. The molecule has 0 amide bonds. The van der Waals surface area contributed by atoms with E-state index in [1.807, 2.05) is 0 Å². The molecule has 0 aromatic heterocycles. The molecule has 1 saturated heterocycles. The van der Waals surface area contributed by atoms with Gasteiger partial charge in [-0.1, -0.05) is 26.1 Å². The van der Waals surface area contributed by atoms with Crippen LogP contribution in [0.25, 0.3) is 0 Å². The first kappa shape index (κ1) is 15.3. The molecule has 0 bridgehead atoms. The number of likely N-dealkylation sites (N-methyl/N-ethyl adjacent to an activating group) is 1. The van der Waals surface area contributed by atoms with E-state index in [0.717, 1.165) is 31.7 Å². The van der Waals surface area contributed by atoms with Gasteiger partial charge >= 0.3 is 0 Å². The third kappa shape index (κ3) is 3.13. The highest BCUT2D eigenvalue weighted by Crippen LogP contribution is 2.25. The zero-order valence-electron chi connectivity index (χ0n) is 12.7. The van der Waals surface area contributed by atoms with Crippen molar-refractivity contribution in [3.8, 4) is 0 Å². The van der Waals surface area contributed by atoms with Crippen LogP contribution in [-0.2, 0) is 0 Å². The maximum Gasteiger partial charge on any atom is 0.104 e. The van der Waals surface area contributed by atoms with E-state index in [1.165, 1.54) is 17.7 Å². The van der Waals surface area contributed by atoms with Crippen molar-refractivity contribution < 1.29 is 0 Å². The Hall–Kier alpha value is -1.13. The Labute approximate surface area is 127 Å². The van der Waals surface area contributed by atoms with Crippen molar-refractivity contribution in [2.45, 2.75) is 33.2 Å². The monoisotopic (exact) mass is 291 g/mol. The lowest BCUT2D eigenvalue weighted by Crippen LogP contribution is -2.37. The van der Waals surface area contributed by atoms with Gasteiger partial charge in [-0.25, -0.2) is 0 Å². The Morgan fingerprint density at radius 3 is 2.65 bits per heavy atom. The van der Waals surface area contributed by atoms with Crippen molar-refractivity contribution in [1.82, 2.24) is 4.90 Å². The van der Waals surface area contributed by atoms with Crippen LogP contribution in [0.2, 0.25) is 0 Å². The second-order valence-corrected chi connectivity index (χ2v) is 5.91. The van der Waals surface area contributed by atoms with E-state index in [2.05, 4.69) is 48.8 Å². The summed E-state index contributed by atoms with van der Waals surface area (Å²) in [6.45, 7) is 11.1. The number of nitrogens with two attached hydrogens (primary N) is 1. The molecule has 3 nitrogen and oxygen atoms in total. The molecule has 1 aliphatic heterocycles. The molecule has 1 aliphatic rings. The van der Waals surface area contributed by atoms with Gasteiger partial charge in [-0.2, -0.15) is 0 Å². The molecular formula is C16H25N3S. The molecule has 0 radical (unpaired) electrons. The lowest BCUT2D eigenvalue weighted by molar-refractivity contribution is 0.232. The van der Waals surface area contributed by atoms with E-state index in [4.69, 9.17) is 18.0 Å². The highest BCUT2D eigenvalue weighted by atomic mass is 32.1. The van der Waals surface area contributed by atoms with Gasteiger partial charge in [0.25, 0.3) is 0 Å². The normalized spacial score (nSPS) is 18.8. The molecule has 1 aromatic carbocycles. The van der Waals surface area contributed by atoms with E-state index in [-0.39, 0.29) is 0 Å². The summed E-state index contributed by atoms with van der Waals surface area (Å²) >= 11 is 5.07. The Morgan fingerprint density at radius 2 is 2.10 bits per heavy atom. The number of nitrogens with zero attached hydrogens (tertiary/aromatic N) is 2. The average molecular weight is 291 g/mol. The van der Waals surface area contributed by atoms with Gasteiger partial charge in [0.1, 0.15) is 4.99 Å². The van der Waals surface area contributed by atoms with E-state index in [9.17, 15) is 0 Å². The fourth-order valence-corrected chi connectivity index (χ4v) is 3.36. The molecule has 1 heterocycles. The number of hydrogen-bond acceptors (Lipinski definition) is 3. The van der Waals surface area contributed by atoms with Crippen molar-refractivity contribution in [1.29, 1.82) is 0 Å². The van der Waals surface area contributed by atoms with Crippen LogP contribution in [0.1, 0.15) is 31.4 Å². The fraction of sp³-hybridized carbons (Fsp3) is 0.562. The summed E-state index contributed by atoms with van der Waals surface area (Å²) < 4.78 is 0. The molecule has 0 aliphatic carbocycles. The zero-order chi connectivity index (χ0) is 14.7. The first-order valence-corrected chi connectivity index (χ1v) is 7.87. The summed E-state index contributed by atoms with van der Waals surface area (Å²) in [4.78, 5) is 5.51. The second-order valence-electron chi connectivity index (χ2n) is 5.47. The summed E-state index contributed by atoms with van der Waals surface area (Å²) in [5, 5.41) is 0. The summed E-state index contributed by atoms with van der Waals surface area (Å²) in [6.07, 6.45) is 1.25. The molecular weight excluding hydrogens is 266 g/mol. The van der Waals surface area contributed by atoms with Gasteiger partial charge in [0.15, 0.2) is 0 Å². The number of benzene rings is 1. The van der Waals surface area contributed by atoms with Crippen molar-refractivity contribution in [2.75, 3.05) is 31.1 Å². The number of hydrogen-bond donors (Lipinski definition) is 1. The van der Waals surface area contributed by atoms with Crippen LogP contribution in [0.5, 0.6) is 0 Å². The third-order valence-corrected chi connectivity index (χ3v) is 4.55. The standard InChI is InChI=1S/C16H25N3S/c1-4-18(5-2)14-8-9-19(11-14)13-6-7-15(16(17)20)12(3)10-13/h6-7,10,14H,4-5,8-9,11H2,1-3H3,(H2,17,20). The highest BCUT2D eigenvalue weighted by Gasteiger charge is 2.26. The Balaban J connectivity index is 2.10. The van der Waals surface area contributed by atoms with E-state index in [0.29, 0.717) is 11.0 Å². The number of anilines is 1. The molecule has 1 fully saturated rings. The summed E-state index contributed by atoms with van der Waals surface area (Å²) in [5.41, 5.74) is 9.17. The molecule has 0 spiro atoms. The summed E-state index contributed by atoms with van der Waals surface area (Å²) in [7, 11) is 0. The minimum Gasteiger partial charge on any atom is -0.389 e. The Morgan fingerprint density at radius 1 is 1.40 bits per heavy atom. The minimum absolute atomic E-state index is 0.483. The van der Waals surface area contributed by atoms with Crippen LogP contribution in [-0.4, -0.2) is 42.1 Å². The largest absolute Gasteiger partial charge is 0.389 e. The molecule has 110 valence electrons. The van der Waals surface area contributed by atoms with Gasteiger partial charge in [0, 0.05) is 30.4 Å². The fourth-order valence-electron chi connectivity index (χ4n) is 3.14. The summed E-state index contributed by atoms with van der Waals surface area (Å²) in [5.74, 6) is 0. The van der Waals surface area contributed by atoms with Gasteiger partial charge in [0.05, 0.1) is 0 Å². The SMILES string of the molecule is CCN(CC)C1CCN(c2ccc(C(N)=S)c(C)c2)C1. The van der Waals surface area contributed by atoms with Crippen LogP contribution in [0.4, 0.5) is 5.69 Å². The predicted octanol–water partition coefficient (Wildman–Crippen LogP) is 2.55. The van der Waals surface area contributed by atoms with Crippen LogP contribution in [0, 0.1) is 6.92 Å². The predicted molar refractivity (Wildman–Crippen MR) is 90.6 cm³/mol. The third-order valence-electron chi connectivity index (χ3n) is 4.33. The molecule has 4 heteroatoms. The molecule has 0 saturated carbocycles. The number of rotatable bonds is 5. The molecule has 20 heavy (non-hydrogen) atoms. The van der Waals surface area contributed by atoms with Crippen molar-refractivity contribution in [2.24, 2.45) is 5.73 Å². The summed E-state index contributed by atoms with van der Waals surface area (Å²) in [6, 6.07) is 7.09. The highest BCUT2D eigenvalue weighted by molar-refractivity contribution is 7.80. The minimum atomic E-state index is 0.483. The molecule has 1 unspecified atom stereocenters. The van der Waals surface area contributed by atoms with Gasteiger partial charge in [0.2, 0.25) is 0 Å². The topological polar surface area (TPSA) is 32.5 Å². The van der Waals surface area contributed by atoms with Crippen molar-refractivity contribution in [3.63, 3.8) is 0 Å². The van der Waals surface area contributed by atoms with Gasteiger partial charge < -0.3 is 10.6 Å². The lowest BCUT2D eigenvalue weighted by atomic mass is 10.1. The Bertz CT molecular complexity index is 483. The zero-order valence-corrected chi connectivity index (χ0v) is 13.5. The van der Waals surface area contributed by atoms with E-state index in [1.54, 1.807) is 0 Å². The Kier molecular flexibility index (Phi) is 5.00. The van der Waals surface area contributed by atoms with Gasteiger partial charge in [-0.05, 0) is 50.2 Å². The van der Waals surface area contributed by atoms with Crippen molar-refractivity contribution >= 4 is 22.9 Å². The molecule has 1 atom stereocenters. The van der Waals surface area contributed by atoms with Crippen LogP contribution in [0.3, 0.4) is 0 Å². The number of thiocarbonyl (C=S) groups is 1. The van der Waals surface area contributed by atoms with E-state index >= 15 is 0 Å². The second kappa shape index (κ2) is 6.55. The molecule has 2 rings (SSSR count). The maximum absolute atomic E-state index is 5.73. The van der Waals surface area contributed by atoms with Crippen LogP contribution >= 0.6 is 12.2 Å². The first-order chi connectivity index (χ1) is 9.56. The quantitative estimate of drug-likeness (QED) is 0.845. The van der Waals surface area contributed by atoms with Crippen LogP contribution < -0.4 is 10.6 Å². The maximum atomic E-state index is 5.73. The first-order valence-electron chi connectivity index (χ1n) is 7.46. The molecule has 1 aromatic rings. The average Bonchev–Trinajstić information content (AvgIpc) is 2.89. The molecule has 2 N–H and O–H groups in total. The van der Waals surface area contributed by atoms with Crippen molar-refractivity contribution in [3.05, 3.63) is 29.3 Å². The van der Waals surface area contributed by atoms with Gasteiger partial charge in [-0.15, -0.1) is 0 Å². The number of aryl methyl sites for hydroxylation is 1. The van der Waals surface area contributed by atoms with Crippen LogP contribution in [0.15, 0.2) is 18.2 Å². The van der Waals surface area contributed by atoms with E-state index < -0.39 is 0 Å².